The number of amides is 1. The van der Waals surface area contributed by atoms with Crippen LogP contribution in [0.5, 0.6) is 0 Å². The van der Waals surface area contributed by atoms with Crippen molar-refractivity contribution in [2.75, 3.05) is 13.1 Å². The Balaban J connectivity index is 1.87. The van der Waals surface area contributed by atoms with Gasteiger partial charge in [0.2, 0.25) is 5.91 Å². The van der Waals surface area contributed by atoms with Crippen LogP contribution in [0.2, 0.25) is 0 Å². The van der Waals surface area contributed by atoms with E-state index in [0.717, 1.165) is 12.1 Å². The first kappa shape index (κ1) is 15.0. The quantitative estimate of drug-likeness (QED) is 0.502. The molecule has 110 valence electrons. The second-order valence-electron chi connectivity index (χ2n) is 5.60. The average molecular weight is 275 g/mol. The van der Waals surface area contributed by atoms with Gasteiger partial charge in [-0.05, 0) is 37.1 Å². The van der Waals surface area contributed by atoms with E-state index in [1.807, 2.05) is 12.1 Å². The van der Waals surface area contributed by atoms with Crippen LogP contribution >= 0.6 is 0 Å². The van der Waals surface area contributed by atoms with E-state index < -0.39 is 0 Å². The molecule has 0 atom stereocenters. The number of hydrogen-bond acceptors (Lipinski definition) is 3. The number of nitrogens with two attached hydrogens (primary N) is 1. The minimum absolute atomic E-state index is 0.151. The number of carbonyl (C=O) groups is 1. The lowest BCUT2D eigenvalue weighted by Crippen LogP contribution is -2.31. The lowest BCUT2D eigenvalue weighted by atomic mass is 10.1. The van der Waals surface area contributed by atoms with Gasteiger partial charge in [-0.2, -0.15) is 0 Å². The highest BCUT2D eigenvalue weighted by molar-refractivity contribution is 5.77. The summed E-state index contributed by atoms with van der Waals surface area (Å²) >= 11 is 0. The van der Waals surface area contributed by atoms with E-state index in [-0.39, 0.29) is 5.91 Å². The third kappa shape index (κ3) is 4.94. The van der Waals surface area contributed by atoms with Gasteiger partial charge in [0, 0.05) is 6.54 Å². The first-order valence-electron chi connectivity index (χ1n) is 7.57. The summed E-state index contributed by atoms with van der Waals surface area (Å²) in [7, 11) is 0. The number of hydrogen-bond donors (Lipinski definition) is 2. The standard InChI is InChI=1S/C16H25N3O/c17-18-16(20)12-14-6-8-15(9-7-14)13-19-10-4-2-1-3-5-11-19/h6-9H,1-5,10-13,17H2,(H,18,20). The van der Waals surface area contributed by atoms with Gasteiger partial charge < -0.3 is 0 Å². The summed E-state index contributed by atoms with van der Waals surface area (Å²) in [5, 5.41) is 0. The molecule has 1 fully saturated rings. The van der Waals surface area contributed by atoms with Gasteiger partial charge in [0.25, 0.3) is 0 Å². The predicted octanol–water partition coefficient (Wildman–Crippen LogP) is 1.99. The van der Waals surface area contributed by atoms with E-state index in [0.29, 0.717) is 6.42 Å². The number of nitrogens with zero attached hydrogens (tertiary/aromatic N) is 1. The van der Waals surface area contributed by atoms with Crippen LogP contribution in [0.4, 0.5) is 0 Å². The van der Waals surface area contributed by atoms with E-state index in [1.165, 1.54) is 50.8 Å². The zero-order valence-corrected chi connectivity index (χ0v) is 12.1. The minimum atomic E-state index is -0.151. The van der Waals surface area contributed by atoms with E-state index in [9.17, 15) is 4.79 Å². The van der Waals surface area contributed by atoms with E-state index >= 15 is 0 Å². The molecule has 0 aliphatic carbocycles. The Morgan fingerprint density at radius 1 is 1.00 bits per heavy atom. The predicted molar refractivity (Wildman–Crippen MR) is 80.8 cm³/mol. The molecule has 1 aromatic rings. The number of nitrogens with one attached hydrogen (secondary N) is 1. The normalized spacial score (nSPS) is 17.2. The van der Waals surface area contributed by atoms with Crippen LogP contribution in [0.25, 0.3) is 0 Å². The fraction of sp³-hybridized carbons (Fsp3) is 0.562. The lowest BCUT2D eigenvalue weighted by Gasteiger charge is -2.24. The maximum absolute atomic E-state index is 11.2. The molecule has 1 aromatic carbocycles. The third-order valence-electron chi connectivity index (χ3n) is 3.90. The first-order valence-corrected chi connectivity index (χ1v) is 7.57. The van der Waals surface area contributed by atoms with Crippen molar-refractivity contribution >= 4 is 5.91 Å². The Hall–Kier alpha value is -1.39. The minimum Gasteiger partial charge on any atom is -0.299 e. The fourth-order valence-corrected chi connectivity index (χ4v) is 2.73. The summed E-state index contributed by atoms with van der Waals surface area (Å²) in [6.07, 6.45) is 7.10. The maximum atomic E-state index is 11.2. The van der Waals surface area contributed by atoms with E-state index in [4.69, 9.17) is 5.84 Å². The molecule has 1 aliphatic heterocycles. The summed E-state index contributed by atoms with van der Waals surface area (Å²) in [6.45, 7) is 3.43. The Kier molecular flexibility index (Phi) is 6.02. The Morgan fingerprint density at radius 2 is 1.55 bits per heavy atom. The molecular weight excluding hydrogens is 250 g/mol. The molecule has 3 N–H and O–H groups in total. The van der Waals surface area contributed by atoms with Crippen molar-refractivity contribution in [3.05, 3.63) is 35.4 Å². The van der Waals surface area contributed by atoms with E-state index in [2.05, 4.69) is 22.5 Å². The van der Waals surface area contributed by atoms with Crippen molar-refractivity contribution in [3.8, 4) is 0 Å². The SMILES string of the molecule is NNC(=O)Cc1ccc(CN2CCCCCCC2)cc1. The van der Waals surface area contributed by atoms with Crippen molar-refractivity contribution in [1.29, 1.82) is 0 Å². The highest BCUT2D eigenvalue weighted by Crippen LogP contribution is 2.14. The van der Waals surface area contributed by atoms with Crippen LogP contribution in [0.15, 0.2) is 24.3 Å². The molecule has 0 aromatic heterocycles. The smallest absolute Gasteiger partial charge is 0.238 e. The van der Waals surface area contributed by atoms with Crippen LogP contribution in [-0.2, 0) is 17.8 Å². The van der Waals surface area contributed by atoms with Crippen LogP contribution in [0, 0.1) is 0 Å². The molecule has 1 heterocycles. The van der Waals surface area contributed by atoms with Gasteiger partial charge in [0.1, 0.15) is 0 Å². The van der Waals surface area contributed by atoms with Crippen LogP contribution in [0.1, 0.15) is 43.2 Å². The monoisotopic (exact) mass is 275 g/mol. The largest absolute Gasteiger partial charge is 0.299 e. The molecule has 0 unspecified atom stereocenters. The molecule has 20 heavy (non-hydrogen) atoms. The molecule has 0 bridgehead atoms. The zero-order valence-electron chi connectivity index (χ0n) is 12.1. The maximum Gasteiger partial charge on any atom is 0.238 e. The fourth-order valence-electron chi connectivity index (χ4n) is 2.73. The summed E-state index contributed by atoms with van der Waals surface area (Å²) in [4.78, 5) is 13.8. The molecule has 1 amide bonds. The van der Waals surface area contributed by atoms with Gasteiger partial charge in [0.15, 0.2) is 0 Å². The Morgan fingerprint density at radius 3 is 2.15 bits per heavy atom. The highest BCUT2D eigenvalue weighted by atomic mass is 16.2. The van der Waals surface area contributed by atoms with Gasteiger partial charge in [-0.3, -0.25) is 15.1 Å². The number of hydrazine groups is 1. The Labute approximate surface area is 121 Å². The number of benzene rings is 1. The first-order chi connectivity index (χ1) is 9.78. The molecule has 1 aliphatic rings. The van der Waals surface area contributed by atoms with Crippen molar-refractivity contribution in [3.63, 3.8) is 0 Å². The highest BCUT2D eigenvalue weighted by Gasteiger charge is 2.09. The van der Waals surface area contributed by atoms with Crippen LogP contribution in [-0.4, -0.2) is 23.9 Å². The summed E-state index contributed by atoms with van der Waals surface area (Å²) in [5.41, 5.74) is 4.49. The summed E-state index contributed by atoms with van der Waals surface area (Å²) in [6, 6.07) is 8.29. The second kappa shape index (κ2) is 8.02. The average Bonchev–Trinajstić information content (AvgIpc) is 2.43. The summed E-state index contributed by atoms with van der Waals surface area (Å²) < 4.78 is 0. The van der Waals surface area contributed by atoms with Gasteiger partial charge in [0.05, 0.1) is 6.42 Å². The van der Waals surface area contributed by atoms with Gasteiger partial charge >= 0.3 is 0 Å². The molecule has 2 rings (SSSR count). The molecule has 1 saturated heterocycles. The third-order valence-corrected chi connectivity index (χ3v) is 3.90. The number of carbonyl (C=O) groups excluding carboxylic acids is 1. The molecule has 0 spiro atoms. The summed E-state index contributed by atoms with van der Waals surface area (Å²) in [5.74, 6) is 4.94. The number of likely N-dealkylation sites (tertiary alicyclic amines) is 1. The molecule has 0 saturated carbocycles. The lowest BCUT2D eigenvalue weighted by molar-refractivity contribution is -0.120. The Bertz CT molecular complexity index is 408. The van der Waals surface area contributed by atoms with E-state index in [1.54, 1.807) is 0 Å². The zero-order chi connectivity index (χ0) is 14.2. The van der Waals surface area contributed by atoms with Crippen molar-refractivity contribution < 1.29 is 4.79 Å². The number of rotatable bonds is 4. The van der Waals surface area contributed by atoms with Crippen molar-refractivity contribution in [2.45, 2.75) is 45.1 Å². The van der Waals surface area contributed by atoms with Crippen molar-refractivity contribution in [1.82, 2.24) is 10.3 Å². The molecular formula is C16H25N3O. The molecule has 4 heteroatoms. The van der Waals surface area contributed by atoms with Gasteiger partial charge in [-0.15, -0.1) is 0 Å². The van der Waals surface area contributed by atoms with Crippen LogP contribution in [0.3, 0.4) is 0 Å². The van der Waals surface area contributed by atoms with Crippen molar-refractivity contribution in [2.24, 2.45) is 5.84 Å². The second-order valence-corrected chi connectivity index (χ2v) is 5.60. The van der Waals surface area contributed by atoms with Crippen LogP contribution < -0.4 is 11.3 Å². The molecule has 4 nitrogen and oxygen atoms in total. The van der Waals surface area contributed by atoms with Gasteiger partial charge in [-0.25, -0.2) is 5.84 Å². The molecule has 0 radical (unpaired) electrons. The topological polar surface area (TPSA) is 58.4 Å². The van der Waals surface area contributed by atoms with Gasteiger partial charge in [-0.1, -0.05) is 43.5 Å².